The molecule has 0 unspecified atom stereocenters. The minimum Gasteiger partial charge on any atom is -0.325 e. The van der Waals surface area contributed by atoms with Gasteiger partial charge in [-0.25, -0.2) is 0 Å². The van der Waals surface area contributed by atoms with Crippen LogP contribution >= 0.6 is 23.4 Å². The molecule has 0 aliphatic carbocycles. The summed E-state index contributed by atoms with van der Waals surface area (Å²) in [6.45, 7) is 2.08. The third kappa shape index (κ3) is 5.84. The number of thioether (sulfide) groups is 1. The van der Waals surface area contributed by atoms with E-state index in [1.807, 2.05) is 24.3 Å². The predicted octanol–water partition coefficient (Wildman–Crippen LogP) is 3.94. The van der Waals surface area contributed by atoms with Crippen molar-refractivity contribution in [2.45, 2.75) is 24.9 Å². The molecular weight excluding hydrogens is 422 g/mol. The van der Waals surface area contributed by atoms with Crippen LogP contribution in [0.4, 0.5) is 11.4 Å². The number of carbonyl (C=O) groups is 2. The van der Waals surface area contributed by atoms with E-state index >= 15 is 0 Å². The average Bonchev–Trinajstić information content (AvgIpc) is 3.08. The lowest BCUT2D eigenvalue weighted by atomic mass is 10.1. The van der Waals surface area contributed by atoms with Crippen molar-refractivity contribution in [3.63, 3.8) is 0 Å². The van der Waals surface area contributed by atoms with E-state index in [1.54, 1.807) is 35.9 Å². The third-order valence-corrected chi connectivity index (χ3v) is 5.72. The highest BCUT2D eigenvalue weighted by atomic mass is 35.5. The number of aromatic nitrogens is 3. The molecule has 1 heterocycles. The maximum Gasteiger partial charge on any atom is 0.234 e. The van der Waals surface area contributed by atoms with E-state index in [1.165, 1.54) is 17.3 Å². The Kier molecular flexibility index (Phi) is 7.48. The number of aryl methyl sites for hydroxylation is 1. The van der Waals surface area contributed by atoms with E-state index in [9.17, 15) is 9.59 Å². The summed E-state index contributed by atoms with van der Waals surface area (Å²) < 4.78 is 1.71. The summed E-state index contributed by atoms with van der Waals surface area (Å²) in [5, 5.41) is 14.8. The molecule has 0 spiro atoms. The van der Waals surface area contributed by atoms with Crippen LogP contribution in [0.2, 0.25) is 5.02 Å². The van der Waals surface area contributed by atoms with Crippen LogP contribution in [0, 0.1) is 0 Å². The van der Waals surface area contributed by atoms with Gasteiger partial charge in [0.25, 0.3) is 0 Å². The van der Waals surface area contributed by atoms with Crippen molar-refractivity contribution in [3.8, 4) is 0 Å². The summed E-state index contributed by atoms with van der Waals surface area (Å²) in [6, 6.07) is 14.8. The standard InChI is InChI=1S/C21H22ClN5O2S/c1-3-14-8-10-15(11-9-14)23-20(29)13-30-21-26-25-18(27(21)2)12-19(28)24-17-7-5-4-6-16(17)22/h4-11H,3,12-13H2,1-2H3,(H,23,29)(H,24,28). The maximum absolute atomic E-state index is 12.3. The second-order valence-electron chi connectivity index (χ2n) is 6.55. The zero-order valence-electron chi connectivity index (χ0n) is 16.7. The highest BCUT2D eigenvalue weighted by Gasteiger charge is 2.15. The van der Waals surface area contributed by atoms with Crippen molar-refractivity contribution in [3.05, 3.63) is 64.9 Å². The Labute approximate surface area is 184 Å². The molecule has 1 aromatic heterocycles. The first-order chi connectivity index (χ1) is 14.5. The van der Waals surface area contributed by atoms with Gasteiger partial charge in [0.2, 0.25) is 11.8 Å². The highest BCUT2D eigenvalue weighted by Crippen LogP contribution is 2.21. The van der Waals surface area contributed by atoms with Crippen molar-refractivity contribution >= 4 is 46.6 Å². The molecule has 3 rings (SSSR count). The van der Waals surface area contributed by atoms with E-state index in [0.29, 0.717) is 21.7 Å². The fraction of sp³-hybridized carbons (Fsp3) is 0.238. The lowest BCUT2D eigenvalue weighted by molar-refractivity contribution is -0.116. The minimum atomic E-state index is -0.247. The topological polar surface area (TPSA) is 88.9 Å². The lowest BCUT2D eigenvalue weighted by Crippen LogP contribution is -2.17. The van der Waals surface area contributed by atoms with E-state index in [0.717, 1.165) is 12.1 Å². The van der Waals surface area contributed by atoms with Gasteiger partial charge in [-0.15, -0.1) is 10.2 Å². The van der Waals surface area contributed by atoms with Crippen molar-refractivity contribution in [2.24, 2.45) is 7.05 Å². The van der Waals surface area contributed by atoms with Gasteiger partial charge in [-0.2, -0.15) is 0 Å². The molecule has 0 saturated carbocycles. The maximum atomic E-state index is 12.3. The largest absolute Gasteiger partial charge is 0.325 e. The molecule has 7 nitrogen and oxygen atoms in total. The smallest absolute Gasteiger partial charge is 0.234 e. The number of hydrogen-bond acceptors (Lipinski definition) is 5. The van der Waals surface area contributed by atoms with Gasteiger partial charge in [0.05, 0.1) is 22.9 Å². The predicted molar refractivity (Wildman–Crippen MR) is 120 cm³/mol. The van der Waals surface area contributed by atoms with Gasteiger partial charge in [-0.05, 0) is 36.2 Å². The molecule has 0 bridgehead atoms. The molecule has 9 heteroatoms. The molecule has 2 N–H and O–H groups in total. The number of nitrogens with one attached hydrogen (secondary N) is 2. The molecule has 0 saturated heterocycles. The first kappa shape index (κ1) is 21.9. The Morgan fingerprint density at radius 3 is 2.47 bits per heavy atom. The number of anilines is 2. The zero-order valence-corrected chi connectivity index (χ0v) is 18.3. The van der Waals surface area contributed by atoms with Gasteiger partial charge < -0.3 is 15.2 Å². The number of amides is 2. The minimum absolute atomic E-state index is 0.0469. The van der Waals surface area contributed by atoms with Crippen LogP contribution in [0.15, 0.2) is 53.7 Å². The zero-order chi connectivity index (χ0) is 21.5. The fourth-order valence-electron chi connectivity index (χ4n) is 2.68. The summed E-state index contributed by atoms with van der Waals surface area (Å²) in [6.07, 6.45) is 1.00. The second-order valence-corrected chi connectivity index (χ2v) is 7.90. The monoisotopic (exact) mass is 443 g/mol. The molecule has 0 atom stereocenters. The van der Waals surface area contributed by atoms with Crippen LogP contribution in [0.5, 0.6) is 0 Å². The molecule has 0 fully saturated rings. The van der Waals surface area contributed by atoms with Crippen molar-refractivity contribution in [2.75, 3.05) is 16.4 Å². The summed E-state index contributed by atoms with van der Waals surface area (Å²) in [5.74, 6) is 0.305. The van der Waals surface area contributed by atoms with Crippen LogP contribution in [-0.2, 0) is 29.5 Å². The lowest BCUT2D eigenvalue weighted by Gasteiger charge is -2.07. The third-order valence-electron chi connectivity index (χ3n) is 4.37. The average molecular weight is 444 g/mol. The Morgan fingerprint density at radius 1 is 1.03 bits per heavy atom. The molecule has 0 radical (unpaired) electrons. The first-order valence-corrected chi connectivity index (χ1v) is 10.8. The van der Waals surface area contributed by atoms with Crippen molar-refractivity contribution < 1.29 is 9.59 Å². The van der Waals surface area contributed by atoms with Crippen molar-refractivity contribution in [1.29, 1.82) is 0 Å². The van der Waals surface area contributed by atoms with E-state index in [-0.39, 0.29) is 24.0 Å². The number of para-hydroxylation sites is 1. The van der Waals surface area contributed by atoms with Crippen LogP contribution < -0.4 is 10.6 Å². The quantitative estimate of drug-likeness (QED) is 0.515. The fourth-order valence-corrected chi connectivity index (χ4v) is 3.59. The second kappa shape index (κ2) is 10.3. The molecular formula is C21H22ClN5O2S. The summed E-state index contributed by atoms with van der Waals surface area (Å²) in [4.78, 5) is 24.5. The molecule has 30 heavy (non-hydrogen) atoms. The van der Waals surface area contributed by atoms with E-state index in [4.69, 9.17) is 11.6 Å². The first-order valence-electron chi connectivity index (χ1n) is 9.40. The Morgan fingerprint density at radius 2 is 1.77 bits per heavy atom. The van der Waals surface area contributed by atoms with Gasteiger partial charge in [-0.3, -0.25) is 9.59 Å². The molecule has 2 amide bonds. The number of hydrogen-bond donors (Lipinski definition) is 2. The van der Waals surface area contributed by atoms with Gasteiger partial charge >= 0.3 is 0 Å². The summed E-state index contributed by atoms with van der Waals surface area (Å²) >= 11 is 7.32. The Bertz CT molecular complexity index is 1040. The molecule has 156 valence electrons. The number of halogens is 1. The summed E-state index contributed by atoms with van der Waals surface area (Å²) in [7, 11) is 1.77. The molecule has 2 aromatic carbocycles. The van der Waals surface area contributed by atoms with Crippen LogP contribution in [0.1, 0.15) is 18.3 Å². The van der Waals surface area contributed by atoms with Gasteiger partial charge in [0.15, 0.2) is 5.16 Å². The highest BCUT2D eigenvalue weighted by molar-refractivity contribution is 7.99. The Balaban J connectivity index is 1.52. The van der Waals surface area contributed by atoms with Gasteiger partial charge in [0.1, 0.15) is 5.82 Å². The molecule has 0 aliphatic heterocycles. The Hall–Kier alpha value is -2.84. The molecule has 0 aliphatic rings. The number of nitrogens with zero attached hydrogens (tertiary/aromatic N) is 3. The number of rotatable bonds is 8. The summed E-state index contributed by atoms with van der Waals surface area (Å²) in [5.41, 5.74) is 2.52. The van der Waals surface area contributed by atoms with Crippen molar-refractivity contribution in [1.82, 2.24) is 14.8 Å². The van der Waals surface area contributed by atoms with Gasteiger partial charge in [0, 0.05) is 12.7 Å². The van der Waals surface area contributed by atoms with Gasteiger partial charge in [-0.1, -0.05) is 54.6 Å². The SMILES string of the molecule is CCc1ccc(NC(=O)CSc2nnc(CC(=O)Nc3ccccc3Cl)n2C)cc1. The number of benzene rings is 2. The van der Waals surface area contributed by atoms with Crippen LogP contribution in [-0.4, -0.2) is 32.3 Å². The van der Waals surface area contributed by atoms with Crippen LogP contribution in [0.25, 0.3) is 0 Å². The van der Waals surface area contributed by atoms with E-state index < -0.39 is 0 Å². The number of carbonyl (C=O) groups excluding carboxylic acids is 2. The van der Waals surface area contributed by atoms with E-state index in [2.05, 4.69) is 27.8 Å². The van der Waals surface area contributed by atoms with Crippen LogP contribution in [0.3, 0.4) is 0 Å². The normalized spacial score (nSPS) is 10.6. The molecule has 3 aromatic rings.